The van der Waals surface area contributed by atoms with E-state index in [9.17, 15) is 0 Å². The smallest absolute Gasteiger partial charge is 0.143 e. The SMILES string of the molecule is CC(Nc1ncncc1I)c1ccsc1. The standard InChI is InChI=1S/C10H10IN3S/c1-7(8-2-3-15-5-8)14-10-9(11)4-12-6-13-10/h2-7H,1H3,(H,12,13,14). The van der Waals surface area contributed by atoms with Crippen LogP contribution < -0.4 is 5.32 Å². The Hall–Kier alpha value is -0.690. The van der Waals surface area contributed by atoms with E-state index in [-0.39, 0.29) is 6.04 Å². The third kappa shape index (κ3) is 2.66. The molecular weight excluding hydrogens is 321 g/mol. The number of aromatic nitrogens is 2. The number of anilines is 1. The van der Waals surface area contributed by atoms with Crippen LogP contribution in [-0.4, -0.2) is 9.97 Å². The van der Waals surface area contributed by atoms with Gasteiger partial charge in [0, 0.05) is 6.20 Å². The van der Waals surface area contributed by atoms with Crippen LogP contribution in [0.25, 0.3) is 0 Å². The molecule has 1 N–H and O–H groups in total. The number of nitrogens with one attached hydrogen (secondary N) is 1. The predicted molar refractivity (Wildman–Crippen MR) is 71.1 cm³/mol. The van der Waals surface area contributed by atoms with Crippen molar-refractivity contribution < 1.29 is 0 Å². The first kappa shape index (κ1) is 10.8. The summed E-state index contributed by atoms with van der Waals surface area (Å²) in [6.45, 7) is 2.13. The second-order valence-electron chi connectivity index (χ2n) is 3.14. The molecule has 5 heteroatoms. The third-order valence-corrected chi connectivity index (χ3v) is 3.55. The van der Waals surface area contributed by atoms with E-state index in [1.807, 2.05) is 0 Å². The van der Waals surface area contributed by atoms with Gasteiger partial charge in [-0.05, 0) is 51.9 Å². The van der Waals surface area contributed by atoms with Gasteiger partial charge >= 0.3 is 0 Å². The fourth-order valence-electron chi connectivity index (χ4n) is 1.23. The van der Waals surface area contributed by atoms with Crippen molar-refractivity contribution in [3.8, 4) is 0 Å². The second-order valence-corrected chi connectivity index (χ2v) is 5.08. The van der Waals surface area contributed by atoms with Crippen LogP contribution in [0.3, 0.4) is 0 Å². The number of thiophene rings is 1. The molecule has 15 heavy (non-hydrogen) atoms. The summed E-state index contributed by atoms with van der Waals surface area (Å²) in [5, 5.41) is 7.59. The number of hydrogen-bond acceptors (Lipinski definition) is 4. The first-order valence-electron chi connectivity index (χ1n) is 4.51. The van der Waals surface area contributed by atoms with Crippen LogP contribution in [0.2, 0.25) is 0 Å². The summed E-state index contributed by atoms with van der Waals surface area (Å²) in [5.74, 6) is 0.893. The molecular formula is C10H10IN3S. The summed E-state index contributed by atoms with van der Waals surface area (Å²) in [7, 11) is 0. The topological polar surface area (TPSA) is 37.8 Å². The Labute approximate surface area is 106 Å². The molecule has 0 fully saturated rings. The maximum atomic E-state index is 4.20. The lowest BCUT2D eigenvalue weighted by atomic mass is 10.2. The zero-order valence-electron chi connectivity index (χ0n) is 8.14. The Morgan fingerprint density at radius 3 is 3.07 bits per heavy atom. The quantitative estimate of drug-likeness (QED) is 0.877. The first-order chi connectivity index (χ1) is 7.27. The molecule has 0 amide bonds. The molecule has 78 valence electrons. The molecule has 0 aliphatic carbocycles. The van der Waals surface area contributed by atoms with Gasteiger partial charge in [0.25, 0.3) is 0 Å². The summed E-state index contributed by atoms with van der Waals surface area (Å²) in [4.78, 5) is 8.16. The molecule has 3 nitrogen and oxygen atoms in total. The monoisotopic (exact) mass is 331 g/mol. The van der Waals surface area contributed by atoms with E-state index in [4.69, 9.17) is 0 Å². The molecule has 0 aromatic carbocycles. The molecule has 2 aromatic heterocycles. The first-order valence-corrected chi connectivity index (χ1v) is 6.53. The Bertz CT molecular complexity index is 430. The highest BCUT2D eigenvalue weighted by Gasteiger charge is 2.08. The number of rotatable bonds is 3. The van der Waals surface area contributed by atoms with E-state index in [2.05, 4.69) is 61.6 Å². The Morgan fingerprint density at radius 1 is 1.53 bits per heavy atom. The maximum Gasteiger partial charge on any atom is 0.143 e. The van der Waals surface area contributed by atoms with Gasteiger partial charge in [-0.1, -0.05) is 0 Å². The van der Waals surface area contributed by atoms with Gasteiger partial charge < -0.3 is 5.32 Å². The number of halogens is 1. The number of nitrogens with zero attached hydrogens (tertiary/aromatic N) is 2. The second kappa shape index (κ2) is 4.89. The van der Waals surface area contributed by atoms with Crippen LogP contribution in [-0.2, 0) is 0 Å². The highest BCUT2D eigenvalue weighted by atomic mass is 127. The lowest BCUT2D eigenvalue weighted by Gasteiger charge is -2.13. The van der Waals surface area contributed by atoms with Crippen molar-refractivity contribution >= 4 is 39.7 Å². The van der Waals surface area contributed by atoms with Crippen LogP contribution in [0.1, 0.15) is 18.5 Å². The molecule has 2 rings (SSSR count). The van der Waals surface area contributed by atoms with Crippen LogP contribution in [0.5, 0.6) is 0 Å². The summed E-state index contributed by atoms with van der Waals surface area (Å²) in [5.41, 5.74) is 1.29. The summed E-state index contributed by atoms with van der Waals surface area (Å²) in [6.07, 6.45) is 3.36. The highest BCUT2D eigenvalue weighted by molar-refractivity contribution is 14.1. The molecule has 1 unspecified atom stereocenters. The lowest BCUT2D eigenvalue weighted by molar-refractivity contribution is 0.874. The average molecular weight is 331 g/mol. The minimum atomic E-state index is 0.277. The summed E-state index contributed by atoms with van der Waals surface area (Å²) >= 11 is 3.93. The van der Waals surface area contributed by atoms with E-state index < -0.39 is 0 Å². The van der Waals surface area contributed by atoms with Gasteiger partial charge in [0.2, 0.25) is 0 Å². The van der Waals surface area contributed by atoms with E-state index in [1.165, 1.54) is 5.56 Å². The molecule has 0 bridgehead atoms. The molecule has 0 saturated heterocycles. The summed E-state index contributed by atoms with van der Waals surface area (Å²) < 4.78 is 1.04. The summed E-state index contributed by atoms with van der Waals surface area (Å²) in [6, 6.07) is 2.40. The molecule has 0 aliphatic heterocycles. The zero-order chi connectivity index (χ0) is 10.7. The van der Waals surface area contributed by atoms with E-state index in [1.54, 1.807) is 23.9 Å². The zero-order valence-corrected chi connectivity index (χ0v) is 11.1. The van der Waals surface area contributed by atoms with E-state index in [0.29, 0.717) is 0 Å². The number of hydrogen-bond donors (Lipinski definition) is 1. The Kier molecular flexibility index (Phi) is 3.53. The van der Waals surface area contributed by atoms with Crippen LogP contribution in [0.15, 0.2) is 29.4 Å². The van der Waals surface area contributed by atoms with Gasteiger partial charge in [-0.25, -0.2) is 9.97 Å². The Balaban J connectivity index is 2.13. The van der Waals surface area contributed by atoms with Crippen LogP contribution in [0.4, 0.5) is 5.82 Å². The van der Waals surface area contributed by atoms with Crippen molar-refractivity contribution in [1.82, 2.24) is 9.97 Å². The van der Waals surface area contributed by atoms with Crippen molar-refractivity contribution in [2.45, 2.75) is 13.0 Å². The van der Waals surface area contributed by atoms with Gasteiger partial charge in [-0.2, -0.15) is 11.3 Å². The highest BCUT2D eigenvalue weighted by Crippen LogP contribution is 2.22. The fourth-order valence-corrected chi connectivity index (χ4v) is 2.44. The molecule has 0 radical (unpaired) electrons. The van der Waals surface area contributed by atoms with Crippen molar-refractivity contribution in [2.75, 3.05) is 5.32 Å². The minimum Gasteiger partial charge on any atom is -0.363 e. The van der Waals surface area contributed by atoms with Crippen molar-refractivity contribution in [3.63, 3.8) is 0 Å². The third-order valence-electron chi connectivity index (χ3n) is 2.06. The maximum absolute atomic E-state index is 4.20. The largest absolute Gasteiger partial charge is 0.363 e. The van der Waals surface area contributed by atoms with Crippen LogP contribution >= 0.6 is 33.9 Å². The van der Waals surface area contributed by atoms with Gasteiger partial charge in [-0.3, -0.25) is 0 Å². The minimum absolute atomic E-state index is 0.277. The normalized spacial score (nSPS) is 12.4. The molecule has 2 aromatic rings. The molecule has 0 spiro atoms. The van der Waals surface area contributed by atoms with Gasteiger partial charge in [-0.15, -0.1) is 0 Å². The van der Waals surface area contributed by atoms with Crippen molar-refractivity contribution in [2.24, 2.45) is 0 Å². The fraction of sp³-hybridized carbons (Fsp3) is 0.200. The van der Waals surface area contributed by atoms with Crippen molar-refractivity contribution in [3.05, 3.63) is 38.5 Å². The van der Waals surface area contributed by atoms with Gasteiger partial charge in [0.05, 0.1) is 9.61 Å². The average Bonchev–Trinajstić information content (AvgIpc) is 2.74. The van der Waals surface area contributed by atoms with E-state index >= 15 is 0 Å². The predicted octanol–water partition coefficient (Wildman–Crippen LogP) is 3.32. The molecule has 1 atom stereocenters. The van der Waals surface area contributed by atoms with Gasteiger partial charge in [0.1, 0.15) is 12.1 Å². The molecule has 2 heterocycles. The van der Waals surface area contributed by atoms with Gasteiger partial charge in [0.15, 0.2) is 0 Å². The molecule has 0 saturated carbocycles. The van der Waals surface area contributed by atoms with Crippen LogP contribution in [0, 0.1) is 3.57 Å². The van der Waals surface area contributed by atoms with Crippen molar-refractivity contribution in [1.29, 1.82) is 0 Å². The molecule has 0 aliphatic rings. The van der Waals surface area contributed by atoms with E-state index in [0.717, 1.165) is 9.39 Å². The lowest BCUT2D eigenvalue weighted by Crippen LogP contribution is -2.08. The Morgan fingerprint density at radius 2 is 2.40 bits per heavy atom.